The third kappa shape index (κ3) is 4.84. The van der Waals surface area contributed by atoms with Crippen LogP contribution in [-0.2, 0) is 6.42 Å². The van der Waals surface area contributed by atoms with Gasteiger partial charge in [-0.05, 0) is 18.2 Å². The van der Waals surface area contributed by atoms with Crippen molar-refractivity contribution in [1.82, 2.24) is 5.32 Å². The van der Waals surface area contributed by atoms with Crippen LogP contribution in [0.1, 0.15) is 5.56 Å². The highest BCUT2D eigenvalue weighted by Gasteiger charge is 2.00. The molecule has 0 saturated carbocycles. The summed E-state index contributed by atoms with van der Waals surface area (Å²) in [5.74, 6) is 0. The minimum Gasteiger partial charge on any atom is -0.374 e. The van der Waals surface area contributed by atoms with Crippen molar-refractivity contribution in [3.8, 4) is 0 Å². The summed E-state index contributed by atoms with van der Waals surface area (Å²) >= 11 is 1.34. The lowest BCUT2D eigenvalue weighted by Crippen LogP contribution is -2.15. The first kappa shape index (κ1) is 12.6. The Kier molecular flexibility index (Phi) is 5.42. The summed E-state index contributed by atoms with van der Waals surface area (Å²) in [4.78, 5) is 9.83. The molecule has 4 nitrogen and oxygen atoms in total. The highest BCUT2D eigenvalue weighted by Crippen LogP contribution is 2.07. The molecule has 0 aromatic heterocycles. The Labute approximate surface area is 98.9 Å². The Morgan fingerprint density at radius 3 is 2.75 bits per heavy atom. The van der Waals surface area contributed by atoms with Crippen molar-refractivity contribution < 1.29 is 4.92 Å². The molecule has 1 rings (SSSR count). The summed E-state index contributed by atoms with van der Waals surface area (Å²) in [6, 6.07) is 10.0. The van der Waals surface area contributed by atoms with Gasteiger partial charge in [0.2, 0.25) is 0 Å². The highest BCUT2D eigenvalue weighted by molar-refractivity contribution is 8.02. The van der Waals surface area contributed by atoms with Gasteiger partial charge >= 0.3 is 0 Å². The Balaban J connectivity index is 2.37. The molecule has 0 aliphatic carbocycles. The molecule has 0 spiro atoms. The average Bonchev–Trinajstić information content (AvgIpc) is 2.28. The van der Waals surface area contributed by atoms with Crippen LogP contribution in [0, 0.1) is 10.1 Å². The maximum absolute atomic E-state index is 10.3. The number of nitro groups is 1. The zero-order valence-electron chi connectivity index (χ0n) is 9.05. The van der Waals surface area contributed by atoms with Crippen LogP contribution in [0.25, 0.3) is 0 Å². The average molecular weight is 238 g/mol. The molecule has 0 amide bonds. The second-order valence-electron chi connectivity index (χ2n) is 3.15. The van der Waals surface area contributed by atoms with E-state index < -0.39 is 4.92 Å². The summed E-state index contributed by atoms with van der Waals surface area (Å²) in [6.07, 6.45) is 3.66. The van der Waals surface area contributed by atoms with Crippen molar-refractivity contribution in [2.45, 2.75) is 6.42 Å². The van der Waals surface area contributed by atoms with Crippen LogP contribution in [0.2, 0.25) is 0 Å². The molecule has 5 heteroatoms. The quantitative estimate of drug-likeness (QED) is 0.610. The fourth-order valence-electron chi connectivity index (χ4n) is 1.24. The molecule has 0 bridgehead atoms. The summed E-state index contributed by atoms with van der Waals surface area (Å²) in [7, 11) is 0. The SMILES string of the molecule is CS/C(=C/[N+](=O)[O-])NCCc1ccccc1. The molecule has 0 saturated heterocycles. The van der Waals surface area contributed by atoms with Gasteiger partial charge in [-0.2, -0.15) is 0 Å². The van der Waals surface area contributed by atoms with E-state index in [2.05, 4.69) is 5.32 Å². The van der Waals surface area contributed by atoms with Gasteiger partial charge in [0, 0.05) is 6.54 Å². The smallest absolute Gasteiger partial charge is 0.263 e. The Morgan fingerprint density at radius 1 is 1.50 bits per heavy atom. The van der Waals surface area contributed by atoms with Crippen LogP contribution in [0.3, 0.4) is 0 Å². The van der Waals surface area contributed by atoms with Crippen LogP contribution in [0.5, 0.6) is 0 Å². The predicted octanol–water partition coefficient (Wildman–Crippen LogP) is 2.26. The Morgan fingerprint density at radius 2 is 2.19 bits per heavy atom. The Bertz CT molecular complexity index is 366. The second kappa shape index (κ2) is 6.90. The fraction of sp³-hybridized carbons (Fsp3) is 0.273. The van der Waals surface area contributed by atoms with Gasteiger partial charge in [-0.25, -0.2) is 0 Å². The van der Waals surface area contributed by atoms with Crippen molar-refractivity contribution in [3.05, 3.63) is 57.2 Å². The molecule has 0 heterocycles. The summed E-state index contributed by atoms with van der Waals surface area (Å²) < 4.78 is 0. The highest BCUT2D eigenvalue weighted by atomic mass is 32.2. The van der Waals surface area contributed by atoms with Gasteiger partial charge in [0.15, 0.2) is 0 Å². The van der Waals surface area contributed by atoms with E-state index in [4.69, 9.17) is 0 Å². The summed E-state index contributed by atoms with van der Waals surface area (Å²) in [6.45, 7) is 0.699. The molecule has 0 fully saturated rings. The zero-order valence-corrected chi connectivity index (χ0v) is 9.87. The molecule has 0 atom stereocenters. The zero-order chi connectivity index (χ0) is 11.8. The van der Waals surface area contributed by atoms with E-state index in [0.717, 1.165) is 12.6 Å². The van der Waals surface area contributed by atoms with Crippen molar-refractivity contribution in [3.63, 3.8) is 0 Å². The van der Waals surface area contributed by atoms with E-state index >= 15 is 0 Å². The van der Waals surface area contributed by atoms with Gasteiger partial charge in [-0.1, -0.05) is 30.3 Å². The second-order valence-corrected chi connectivity index (χ2v) is 3.99. The van der Waals surface area contributed by atoms with Gasteiger partial charge in [-0.15, -0.1) is 11.8 Å². The monoisotopic (exact) mass is 238 g/mol. The third-order valence-corrected chi connectivity index (χ3v) is 2.69. The molecule has 16 heavy (non-hydrogen) atoms. The molecule has 0 aliphatic heterocycles. The van der Waals surface area contributed by atoms with Gasteiger partial charge in [-0.3, -0.25) is 10.1 Å². The number of benzene rings is 1. The van der Waals surface area contributed by atoms with Gasteiger partial charge < -0.3 is 5.32 Å². The molecular weight excluding hydrogens is 224 g/mol. The lowest BCUT2D eigenvalue weighted by molar-refractivity contribution is -0.403. The van der Waals surface area contributed by atoms with Gasteiger partial charge in [0.05, 0.1) is 4.92 Å². The Hall–Kier alpha value is -1.49. The van der Waals surface area contributed by atoms with Crippen molar-refractivity contribution in [2.24, 2.45) is 0 Å². The van der Waals surface area contributed by atoms with E-state index in [9.17, 15) is 10.1 Å². The normalized spacial score (nSPS) is 11.2. The van der Waals surface area contributed by atoms with E-state index in [1.165, 1.54) is 17.3 Å². The molecule has 1 N–H and O–H groups in total. The predicted molar refractivity (Wildman–Crippen MR) is 66.7 cm³/mol. The first-order valence-corrected chi connectivity index (χ1v) is 6.12. The first-order chi connectivity index (χ1) is 7.72. The minimum absolute atomic E-state index is 0.443. The standard InChI is InChI=1S/C11H14N2O2S/c1-16-11(9-13(14)15)12-8-7-10-5-3-2-4-6-10/h2-6,9,12H,7-8H2,1H3/b11-9+. The van der Waals surface area contributed by atoms with Crippen molar-refractivity contribution in [1.29, 1.82) is 0 Å². The number of nitrogens with zero attached hydrogens (tertiary/aromatic N) is 1. The van der Waals surface area contributed by atoms with E-state index in [1.807, 2.05) is 36.6 Å². The fourth-order valence-corrected chi connectivity index (χ4v) is 1.68. The van der Waals surface area contributed by atoms with Crippen LogP contribution in [0.4, 0.5) is 0 Å². The number of rotatable bonds is 6. The molecule has 86 valence electrons. The van der Waals surface area contributed by atoms with Crippen LogP contribution >= 0.6 is 11.8 Å². The lowest BCUT2D eigenvalue weighted by Gasteiger charge is -2.05. The van der Waals surface area contributed by atoms with E-state index in [1.54, 1.807) is 0 Å². The number of hydrogen-bond acceptors (Lipinski definition) is 4. The maximum atomic E-state index is 10.3. The number of nitrogens with one attached hydrogen (secondary N) is 1. The van der Waals surface area contributed by atoms with Crippen molar-refractivity contribution >= 4 is 11.8 Å². The summed E-state index contributed by atoms with van der Waals surface area (Å²) in [5, 5.41) is 13.9. The van der Waals surface area contributed by atoms with E-state index in [0.29, 0.717) is 11.6 Å². The lowest BCUT2D eigenvalue weighted by atomic mass is 10.1. The first-order valence-electron chi connectivity index (χ1n) is 4.89. The molecule has 1 aromatic rings. The topological polar surface area (TPSA) is 55.2 Å². The van der Waals surface area contributed by atoms with Gasteiger partial charge in [0.1, 0.15) is 5.03 Å². The van der Waals surface area contributed by atoms with Crippen LogP contribution in [-0.4, -0.2) is 17.7 Å². The van der Waals surface area contributed by atoms with E-state index in [-0.39, 0.29) is 0 Å². The minimum atomic E-state index is -0.443. The number of hydrogen-bond donors (Lipinski definition) is 1. The van der Waals surface area contributed by atoms with Gasteiger partial charge in [0.25, 0.3) is 6.20 Å². The molecule has 1 aromatic carbocycles. The number of thioether (sulfide) groups is 1. The molecular formula is C11H14N2O2S. The molecule has 0 unspecified atom stereocenters. The summed E-state index contributed by atoms with van der Waals surface area (Å²) in [5.41, 5.74) is 1.22. The van der Waals surface area contributed by atoms with Crippen molar-refractivity contribution in [2.75, 3.05) is 12.8 Å². The molecule has 0 aliphatic rings. The third-order valence-electron chi connectivity index (χ3n) is 2.00. The van der Waals surface area contributed by atoms with Crippen LogP contribution in [0.15, 0.2) is 41.6 Å². The largest absolute Gasteiger partial charge is 0.374 e. The molecule has 0 radical (unpaired) electrons. The van der Waals surface area contributed by atoms with Crippen LogP contribution < -0.4 is 5.32 Å². The maximum Gasteiger partial charge on any atom is 0.263 e.